The van der Waals surface area contributed by atoms with Crippen LogP contribution in [0.15, 0.2) is 42.5 Å². The minimum Gasteiger partial charge on any atom is -0.354 e. The van der Waals surface area contributed by atoms with E-state index in [-0.39, 0.29) is 5.91 Å². The zero-order chi connectivity index (χ0) is 20.6. The van der Waals surface area contributed by atoms with Crippen LogP contribution in [0.1, 0.15) is 35.6 Å². The van der Waals surface area contributed by atoms with Crippen molar-refractivity contribution in [2.24, 2.45) is 5.92 Å². The van der Waals surface area contributed by atoms with Crippen LogP contribution in [0.5, 0.6) is 0 Å². The van der Waals surface area contributed by atoms with Crippen LogP contribution < -0.4 is 5.32 Å². The first-order valence-electron chi connectivity index (χ1n) is 10.3. The molecule has 154 valence electrons. The van der Waals surface area contributed by atoms with E-state index >= 15 is 0 Å². The molecule has 1 amide bonds. The third kappa shape index (κ3) is 6.39. The molecular formula is C23H31N5O. The maximum Gasteiger partial charge on any atom is 0.272 e. The molecule has 2 heterocycles. The summed E-state index contributed by atoms with van der Waals surface area (Å²) in [5.41, 5.74) is 2.49. The predicted molar refractivity (Wildman–Crippen MR) is 118 cm³/mol. The molecule has 0 spiro atoms. The van der Waals surface area contributed by atoms with Crippen LogP contribution in [0.2, 0.25) is 0 Å². The highest BCUT2D eigenvalue weighted by Crippen LogP contribution is 2.11. The van der Waals surface area contributed by atoms with E-state index in [1.165, 1.54) is 5.56 Å². The molecule has 1 aromatic heterocycles. The molecule has 0 unspecified atom stereocenters. The number of aromatic nitrogens is 2. The molecule has 1 fully saturated rings. The fourth-order valence-corrected chi connectivity index (χ4v) is 3.25. The molecule has 6 nitrogen and oxygen atoms in total. The van der Waals surface area contributed by atoms with E-state index in [0.29, 0.717) is 17.6 Å². The SMILES string of the molecule is Cc1cc(C(=O)N2CCN(C/C=C/c3ccccc3)CC2)nc(NCC(C)C)n1. The van der Waals surface area contributed by atoms with Gasteiger partial charge < -0.3 is 10.2 Å². The van der Waals surface area contributed by atoms with E-state index < -0.39 is 0 Å². The van der Waals surface area contributed by atoms with Gasteiger partial charge in [-0.25, -0.2) is 9.97 Å². The molecule has 2 aromatic rings. The van der Waals surface area contributed by atoms with Gasteiger partial charge in [0, 0.05) is 45.0 Å². The van der Waals surface area contributed by atoms with Gasteiger partial charge in [-0.15, -0.1) is 0 Å². The second-order valence-electron chi connectivity index (χ2n) is 7.90. The Labute approximate surface area is 173 Å². The van der Waals surface area contributed by atoms with Crippen molar-refractivity contribution in [1.82, 2.24) is 19.8 Å². The van der Waals surface area contributed by atoms with Crippen molar-refractivity contribution in [3.8, 4) is 0 Å². The molecule has 0 saturated carbocycles. The second-order valence-corrected chi connectivity index (χ2v) is 7.90. The van der Waals surface area contributed by atoms with Crippen LogP contribution in [-0.2, 0) is 0 Å². The largest absolute Gasteiger partial charge is 0.354 e. The maximum absolute atomic E-state index is 12.9. The lowest BCUT2D eigenvalue weighted by Crippen LogP contribution is -2.48. The van der Waals surface area contributed by atoms with E-state index in [9.17, 15) is 4.79 Å². The van der Waals surface area contributed by atoms with Crippen molar-refractivity contribution in [2.75, 3.05) is 44.6 Å². The highest BCUT2D eigenvalue weighted by molar-refractivity contribution is 5.92. The second kappa shape index (κ2) is 10.2. The highest BCUT2D eigenvalue weighted by atomic mass is 16.2. The molecule has 0 aliphatic carbocycles. The van der Waals surface area contributed by atoms with E-state index in [1.54, 1.807) is 6.07 Å². The lowest BCUT2D eigenvalue weighted by atomic mass is 10.2. The van der Waals surface area contributed by atoms with Crippen molar-refractivity contribution in [2.45, 2.75) is 20.8 Å². The van der Waals surface area contributed by atoms with Gasteiger partial charge in [0.1, 0.15) is 5.69 Å². The smallest absolute Gasteiger partial charge is 0.272 e. The highest BCUT2D eigenvalue weighted by Gasteiger charge is 2.23. The Balaban J connectivity index is 1.52. The summed E-state index contributed by atoms with van der Waals surface area (Å²) in [6, 6.07) is 12.1. The molecule has 1 aliphatic rings. The fraction of sp³-hybridized carbons (Fsp3) is 0.435. The van der Waals surface area contributed by atoms with Crippen LogP contribution in [0.25, 0.3) is 6.08 Å². The third-order valence-corrected chi connectivity index (χ3v) is 4.87. The fourth-order valence-electron chi connectivity index (χ4n) is 3.25. The Morgan fingerprint density at radius 2 is 1.86 bits per heavy atom. The first kappa shape index (κ1) is 21.0. The molecular weight excluding hydrogens is 362 g/mol. The van der Waals surface area contributed by atoms with Crippen LogP contribution in [0.4, 0.5) is 5.95 Å². The monoisotopic (exact) mass is 393 g/mol. The Kier molecular flexibility index (Phi) is 7.36. The summed E-state index contributed by atoms with van der Waals surface area (Å²) in [5.74, 6) is 1.01. The number of nitrogens with one attached hydrogen (secondary N) is 1. The summed E-state index contributed by atoms with van der Waals surface area (Å²) in [4.78, 5) is 26.0. The zero-order valence-electron chi connectivity index (χ0n) is 17.6. The number of aryl methyl sites for hydroxylation is 1. The molecule has 0 radical (unpaired) electrons. The van der Waals surface area contributed by atoms with E-state index in [0.717, 1.165) is 45.0 Å². The Morgan fingerprint density at radius 1 is 1.14 bits per heavy atom. The molecule has 6 heteroatoms. The van der Waals surface area contributed by atoms with E-state index in [2.05, 4.69) is 58.3 Å². The number of hydrogen-bond donors (Lipinski definition) is 1. The van der Waals surface area contributed by atoms with E-state index in [4.69, 9.17) is 0 Å². The number of carbonyl (C=O) groups is 1. The Morgan fingerprint density at radius 3 is 2.55 bits per heavy atom. The molecule has 0 bridgehead atoms. The van der Waals surface area contributed by atoms with Gasteiger partial charge >= 0.3 is 0 Å². The van der Waals surface area contributed by atoms with Crippen LogP contribution in [-0.4, -0.2) is 64.9 Å². The van der Waals surface area contributed by atoms with Crippen molar-refractivity contribution in [3.05, 3.63) is 59.4 Å². The molecule has 1 saturated heterocycles. The molecule has 3 rings (SSSR count). The van der Waals surface area contributed by atoms with Gasteiger partial charge in [0.15, 0.2) is 0 Å². The number of anilines is 1. The lowest BCUT2D eigenvalue weighted by Gasteiger charge is -2.34. The van der Waals surface area contributed by atoms with Crippen LogP contribution >= 0.6 is 0 Å². The number of piperazine rings is 1. The average Bonchev–Trinajstić information content (AvgIpc) is 2.73. The zero-order valence-corrected chi connectivity index (χ0v) is 17.6. The minimum atomic E-state index is -0.0115. The number of rotatable bonds is 7. The average molecular weight is 394 g/mol. The first-order valence-corrected chi connectivity index (χ1v) is 10.3. The number of carbonyl (C=O) groups excluding carboxylic acids is 1. The molecule has 0 atom stereocenters. The van der Waals surface area contributed by atoms with E-state index in [1.807, 2.05) is 30.0 Å². The summed E-state index contributed by atoms with van der Waals surface area (Å²) in [6.45, 7) is 11.0. The summed E-state index contributed by atoms with van der Waals surface area (Å²) in [5, 5.41) is 3.22. The number of amides is 1. The van der Waals surface area contributed by atoms with Gasteiger partial charge in [-0.3, -0.25) is 9.69 Å². The number of nitrogens with zero attached hydrogens (tertiary/aromatic N) is 4. The lowest BCUT2D eigenvalue weighted by molar-refractivity contribution is 0.0644. The van der Waals surface area contributed by atoms with Crippen molar-refractivity contribution < 1.29 is 4.79 Å². The van der Waals surface area contributed by atoms with Crippen molar-refractivity contribution >= 4 is 17.9 Å². The first-order chi connectivity index (χ1) is 14.0. The molecule has 1 N–H and O–H groups in total. The van der Waals surface area contributed by atoms with Crippen molar-refractivity contribution in [1.29, 1.82) is 0 Å². The Bertz CT molecular complexity index is 826. The topological polar surface area (TPSA) is 61.4 Å². The number of hydrogen-bond acceptors (Lipinski definition) is 5. The standard InChI is InChI=1S/C23H31N5O/c1-18(2)17-24-23-25-19(3)16-21(26-23)22(29)28-14-12-27(13-15-28)11-7-10-20-8-5-4-6-9-20/h4-10,16,18H,11-15,17H2,1-3H3,(H,24,25,26)/b10-7+. The third-order valence-electron chi connectivity index (χ3n) is 4.87. The van der Waals surface area contributed by atoms with Gasteiger partial charge in [-0.2, -0.15) is 0 Å². The van der Waals surface area contributed by atoms with Gasteiger partial charge in [0.05, 0.1) is 0 Å². The van der Waals surface area contributed by atoms with Crippen molar-refractivity contribution in [3.63, 3.8) is 0 Å². The van der Waals surface area contributed by atoms with Gasteiger partial charge in [-0.1, -0.05) is 56.3 Å². The number of benzene rings is 1. The quantitative estimate of drug-likeness (QED) is 0.782. The molecule has 1 aromatic carbocycles. The van der Waals surface area contributed by atoms with Gasteiger partial charge in [0.25, 0.3) is 5.91 Å². The van der Waals surface area contributed by atoms with Crippen LogP contribution in [0, 0.1) is 12.8 Å². The molecule has 1 aliphatic heterocycles. The summed E-state index contributed by atoms with van der Waals surface area (Å²) >= 11 is 0. The normalized spacial score (nSPS) is 15.2. The summed E-state index contributed by atoms with van der Waals surface area (Å²) in [7, 11) is 0. The Hall–Kier alpha value is -2.73. The maximum atomic E-state index is 12.9. The predicted octanol–water partition coefficient (Wildman–Crippen LogP) is 3.32. The summed E-state index contributed by atoms with van der Waals surface area (Å²) in [6.07, 6.45) is 4.33. The van der Waals surface area contributed by atoms with Gasteiger partial charge in [0.2, 0.25) is 5.95 Å². The molecule has 29 heavy (non-hydrogen) atoms. The summed E-state index contributed by atoms with van der Waals surface area (Å²) < 4.78 is 0. The van der Waals surface area contributed by atoms with Crippen LogP contribution in [0.3, 0.4) is 0 Å². The minimum absolute atomic E-state index is 0.0115. The van der Waals surface area contributed by atoms with Gasteiger partial charge in [-0.05, 0) is 24.5 Å².